The molecule has 0 aromatic rings. The van der Waals surface area contributed by atoms with Crippen molar-refractivity contribution in [2.24, 2.45) is 5.41 Å². The van der Waals surface area contributed by atoms with E-state index < -0.39 is 17.0 Å². The van der Waals surface area contributed by atoms with Crippen molar-refractivity contribution in [2.45, 2.75) is 45.6 Å². The van der Waals surface area contributed by atoms with Crippen molar-refractivity contribution in [3.05, 3.63) is 0 Å². The molecule has 0 bridgehead atoms. The second-order valence-corrected chi connectivity index (χ2v) is 6.38. The average molecular weight is 286 g/mol. The number of carbonyl (C=O) groups excluding carboxylic acids is 1. The van der Waals surface area contributed by atoms with Crippen molar-refractivity contribution in [1.29, 1.82) is 0 Å². The third-order valence-corrected chi connectivity index (χ3v) is 4.07. The number of aliphatic hydroxyl groups is 1. The quantitative estimate of drug-likeness (QED) is 0.818. The fourth-order valence-electron chi connectivity index (χ4n) is 2.73. The summed E-state index contributed by atoms with van der Waals surface area (Å²) in [5, 5.41) is 19.1. The summed E-state index contributed by atoms with van der Waals surface area (Å²) in [6.45, 7) is 6.34. The van der Waals surface area contributed by atoms with Gasteiger partial charge in [-0.05, 0) is 33.1 Å². The van der Waals surface area contributed by atoms with E-state index in [-0.39, 0.29) is 12.6 Å². The van der Waals surface area contributed by atoms with Crippen LogP contribution >= 0.6 is 0 Å². The minimum atomic E-state index is -0.936. The fraction of sp³-hybridized carbons (Fsp3) is 0.857. The molecule has 1 saturated heterocycles. The molecule has 116 valence electrons. The number of likely N-dealkylation sites (tertiary alicyclic amines) is 1. The van der Waals surface area contributed by atoms with E-state index in [4.69, 9.17) is 0 Å². The van der Waals surface area contributed by atoms with Crippen LogP contribution < -0.4 is 0 Å². The summed E-state index contributed by atoms with van der Waals surface area (Å²) >= 11 is 0. The van der Waals surface area contributed by atoms with Crippen LogP contribution in [0.1, 0.15) is 40.0 Å². The molecule has 1 rings (SSSR count). The lowest BCUT2D eigenvalue weighted by Crippen LogP contribution is -2.51. The number of hydrogen-bond donors (Lipinski definition) is 2. The van der Waals surface area contributed by atoms with Crippen LogP contribution in [0.2, 0.25) is 0 Å². The Bertz CT molecular complexity index is 368. The van der Waals surface area contributed by atoms with Crippen LogP contribution in [-0.2, 0) is 4.79 Å². The van der Waals surface area contributed by atoms with Gasteiger partial charge in [0, 0.05) is 20.1 Å². The molecule has 2 amide bonds. The predicted molar refractivity (Wildman–Crippen MR) is 75.5 cm³/mol. The van der Waals surface area contributed by atoms with Crippen molar-refractivity contribution >= 4 is 12.0 Å². The minimum absolute atomic E-state index is 0.151. The molecule has 0 aliphatic carbocycles. The van der Waals surface area contributed by atoms with Crippen molar-refractivity contribution in [2.75, 3.05) is 26.7 Å². The molecule has 2 N–H and O–H groups in total. The van der Waals surface area contributed by atoms with Gasteiger partial charge in [-0.2, -0.15) is 0 Å². The Balaban J connectivity index is 2.61. The van der Waals surface area contributed by atoms with Gasteiger partial charge in [-0.15, -0.1) is 0 Å². The van der Waals surface area contributed by atoms with Crippen LogP contribution in [0.4, 0.5) is 4.79 Å². The zero-order valence-corrected chi connectivity index (χ0v) is 12.8. The molecule has 0 aromatic heterocycles. The minimum Gasteiger partial charge on any atom is -0.481 e. The van der Waals surface area contributed by atoms with Crippen LogP contribution in [0.3, 0.4) is 0 Å². The summed E-state index contributed by atoms with van der Waals surface area (Å²) in [6, 6.07) is -0.151. The number of piperidine rings is 1. The second-order valence-electron chi connectivity index (χ2n) is 6.38. The largest absolute Gasteiger partial charge is 0.481 e. The molecule has 1 aliphatic heterocycles. The SMILES string of the molecule is CCC1(C(=O)O)CCN(C(=O)N(C)CC(C)(C)O)CC1. The smallest absolute Gasteiger partial charge is 0.319 e. The molecular formula is C14H26N2O4. The number of nitrogens with zero attached hydrogens (tertiary/aromatic N) is 2. The van der Waals surface area contributed by atoms with E-state index in [0.29, 0.717) is 32.4 Å². The highest BCUT2D eigenvalue weighted by Crippen LogP contribution is 2.35. The molecule has 0 aromatic carbocycles. The maximum absolute atomic E-state index is 12.2. The van der Waals surface area contributed by atoms with Gasteiger partial charge >= 0.3 is 12.0 Å². The summed E-state index contributed by atoms with van der Waals surface area (Å²) in [6.07, 6.45) is 1.56. The molecule has 0 spiro atoms. The van der Waals surface area contributed by atoms with Crippen molar-refractivity contribution in [3.63, 3.8) is 0 Å². The first-order valence-electron chi connectivity index (χ1n) is 7.07. The van der Waals surface area contributed by atoms with Crippen LogP contribution in [0.5, 0.6) is 0 Å². The van der Waals surface area contributed by atoms with Gasteiger partial charge in [-0.25, -0.2) is 4.79 Å². The van der Waals surface area contributed by atoms with Crippen molar-refractivity contribution < 1.29 is 19.8 Å². The Morgan fingerprint density at radius 2 is 1.80 bits per heavy atom. The molecule has 6 heteroatoms. The summed E-state index contributed by atoms with van der Waals surface area (Å²) in [5.74, 6) is -0.767. The van der Waals surface area contributed by atoms with E-state index in [1.54, 1.807) is 25.8 Å². The number of carboxylic acid groups (broad SMARTS) is 1. The number of aliphatic carboxylic acids is 1. The van der Waals surface area contributed by atoms with Gasteiger partial charge in [0.1, 0.15) is 0 Å². The number of carboxylic acids is 1. The lowest BCUT2D eigenvalue weighted by atomic mass is 9.76. The van der Waals surface area contributed by atoms with E-state index in [1.165, 1.54) is 4.90 Å². The Morgan fingerprint density at radius 1 is 1.30 bits per heavy atom. The van der Waals surface area contributed by atoms with Gasteiger partial charge in [-0.3, -0.25) is 4.79 Å². The van der Waals surface area contributed by atoms with Gasteiger partial charge in [0.2, 0.25) is 0 Å². The highest BCUT2D eigenvalue weighted by molar-refractivity contribution is 5.77. The zero-order valence-electron chi connectivity index (χ0n) is 12.8. The Kier molecular flexibility index (Phi) is 5.02. The van der Waals surface area contributed by atoms with Gasteiger partial charge in [0.25, 0.3) is 0 Å². The first-order valence-corrected chi connectivity index (χ1v) is 7.07. The Morgan fingerprint density at radius 3 is 2.15 bits per heavy atom. The van der Waals surface area contributed by atoms with Gasteiger partial charge in [0.05, 0.1) is 17.6 Å². The molecule has 20 heavy (non-hydrogen) atoms. The molecular weight excluding hydrogens is 260 g/mol. The van der Waals surface area contributed by atoms with E-state index in [0.717, 1.165) is 0 Å². The molecule has 0 saturated carbocycles. The summed E-state index contributed by atoms with van der Waals surface area (Å²) < 4.78 is 0. The monoisotopic (exact) mass is 286 g/mol. The maximum Gasteiger partial charge on any atom is 0.319 e. The zero-order chi connectivity index (χ0) is 15.6. The molecule has 1 aliphatic rings. The van der Waals surface area contributed by atoms with E-state index in [9.17, 15) is 19.8 Å². The summed E-state index contributed by atoms with van der Waals surface area (Å²) in [7, 11) is 1.65. The third kappa shape index (κ3) is 3.85. The molecule has 6 nitrogen and oxygen atoms in total. The van der Waals surface area contributed by atoms with Crippen LogP contribution in [0.15, 0.2) is 0 Å². The highest BCUT2D eigenvalue weighted by atomic mass is 16.4. The summed E-state index contributed by atoms with van der Waals surface area (Å²) in [5.41, 5.74) is -1.62. The molecule has 0 radical (unpaired) electrons. The van der Waals surface area contributed by atoms with Gasteiger partial charge < -0.3 is 20.0 Å². The number of amides is 2. The maximum atomic E-state index is 12.2. The van der Waals surface area contributed by atoms with Gasteiger partial charge in [0.15, 0.2) is 0 Å². The Hall–Kier alpha value is -1.30. The molecule has 0 atom stereocenters. The first-order chi connectivity index (χ1) is 9.11. The number of rotatable bonds is 4. The number of urea groups is 1. The lowest BCUT2D eigenvalue weighted by Gasteiger charge is -2.40. The average Bonchev–Trinajstić information content (AvgIpc) is 2.35. The number of likely N-dealkylation sites (N-methyl/N-ethyl adjacent to an activating group) is 1. The highest BCUT2D eigenvalue weighted by Gasteiger charge is 2.41. The van der Waals surface area contributed by atoms with Crippen LogP contribution in [0.25, 0.3) is 0 Å². The third-order valence-electron chi connectivity index (χ3n) is 4.07. The second kappa shape index (κ2) is 5.99. The molecule has 1 heterocycles. The van der Waals surface area contributed by atoms with Crippen LogP contribution in [0, 0.1) is 5.41 Å². The molecule has 0 unspecified atom stereocenters. The lowest BCUT2D eigenvalue weighted by molar-refractivity contribution is -0.152. The predicted octanol–water partition coefficient (Wildman–Crippen LogP) is 1.39. The summed E-state index contributed by atoms with van der Waals surface area (Å²) in [4.78, 5) is 26.8. The number of hydrogen-bond acceptors (Lipinski definition) is 3. The van der Waals surface area contributed by atoms with Crippen LogP contribution in [-0.4, -0.2) is 64.3 Å². The van der Waals surface area contributed by atoms with Crippen molar-refractivity contribution in [3.8, 4) is 0 Å². The first kappa shape index (κ1) is 16.8. The van der Waals surface area contributed by atoms with Crippen molar-refractivity contribution in [1.82, 2.24) is 9.80 Å². The normalized spacial score (nSPS) is 18.8. The topological polar surface area (TPSA) is 81.1 Å². The van der Waals surface area contributed by atoms with Gasteiger partial charge in [-0.1, -0.05) is 6.92 Å². The van der Waals surface area contributed by atoms with E-state index in [1.807, 2.05) is 6.92 Å². The van der Waals surface area contributed by atoms with E-state index in [2.05, 4.69) is 0 Å². The Labute approximate surface area is 120 Å². The standard InChI is InChI=1S/C14H26N2O4/c1-5-14(11(17)18)6-8-16(9-7-14)12(19)15(4)10-13(2,3)20/h20H,5-10H2,1-4H3,(H,17,18). The fourth-order valence-corrected chi connectivity index (χ4v) is 2.73. The number of carbonyl (C=O) groups is 2. The molecule has 1 fully saturated rings. The van der Waals surface area contributed by atoms with E-state index >= 15 is 0 Å².